The van der Waals surface area contributed by atoms with Gasteiger partial charge in [0.1, 0.15) is 0 Å². The molecule has 0 atom stereocenters. The maximum atomic E-state index is 14.7. The number of nitrogens with one attached hydrogen (secondary N) is 1. The van der Waals surface area contributed by atoms with Gasteiger partial charge in [0.05, 0.1) is 0 Å². The van der Waals surface area contributed by atoms with Gasteiger partial charge in [0.2, 0.25) is 0 Å². The number of halogens is 7. The van der Waals surface area contributed by atoms with Crippen molar-refractivity contribution in [1.82, 2.24) is 0 Å². The molecule has 3 N–H and O–H groups in total. The van der Waals surface area contributed by atoms with Gasteiger partial charge in [-0.2, -0.15) is 26.3 Å². The van der Waals surface area contributed by atoms with Crippen molar-refractivity contribution in [3.05, 3.63) is 64.2 Å². The fraction of sp³-hybridized carbons (Fsp3) is 0.350. The summed E-state index contributed by atoms with van der Waals surface area (Å²) >= 11 is 0. The summed E-state index contributed by atoms with van der Waals surface area (Å²) < 4.78 is 94.5. The normalized spacial score (nSPS) is 12.7. The molecule has 2 aromatic carbocycles. The zero-order valence-corrected chi connectivity index (χ0v) is 16.0. The molecule has 2 rings (SSSR count). The first-order valence-corrected chi connectivity index (χ1v) is 8.84. The lowest BCUT2D eigenvalue weighted by Crippen LogP contribution is -2.51. The highest BCUT2D eigenvalue weighted by atomic mass is 19.4. The smallest absolute Gasteiger partial charge is 0.326 e. The van der Waals surface area contributed by atoms with Gasteiger partial charge in [0.25, 0.3) is 5.91 Å². The molecule has 0 radical (unpaired) electrons. The molecule has 0 aliphatic carbocycles. The first-order chi connectivity index (χ1) is 13.8. The fourth-order valence-electron chi connectivity index (χ4n) is 3.27. The van der Waals surface area contributed by atoms with Crippen LogP contribution in [0.4, 0.5) is 36.4 Å². The van der Waals surface area contributed by atoms with E-state index in [0.717, 1.165) is 0 Å². The van der Waals surface area contributed by atoms with Crippen molar-refractivity contribution in [2.24, 2.45) is 5.73 Å². The highest BCUT2D eigenvalue weighted by molar-refractivity contribution is 6.05. The van der Waals surface area contributed by atoms with E-state index in [4.69, 9.17) is 5.73 Å². The van der Waals surface area contributed by atoms with Crippen molar-refractivity contribution in [3.63, 3.8) is 0 Å². The molecule has 30 heavy (non-hydrogen) atoms. The summed E-state index contributed by atoms with van der Waals surface area (Å²) in [6, 6.07) is 8.24. The number of hydrogen-bond donors (Lipinski definition) is 2. The zero-order valence-electron chi connectivity index (χ0n) is 16.0. The van der Waals surface area contributed by atoms with E-state index in [1.807, 2.05) is 0 Å². The number of nitrogens with two attached hydrogens (primary N) is 1. The number of carbonyl (C=O) groups excluding carboxylic acids is 1. The number of alkyl halides is 7. The Labute approximate surface area is 168 Å². The number of carbonyl (C=O) groups is 1. The topological polar surface area (TPSA) is 55.1 Å². The third kappa shape index (κ3) is 4.00. The zero-order chi connectivity index (χ0) is 22.9. The van der Waals surface area contributed by atoms with Gasteiger partial charge in [-0.05, 0) is 48.2 Å². The maximum absolute atomic E-state index is 14.7. The second-order valence-electron chi connectivity index (χ2n) is 6.60. The standard InChI is InChI=1S/C20H19F7N2O/c1-3-13-14(10-28)15(18(21,19(22,23)24)20(25,26)27)9-11(2)16(13)29-17(30)12-7-5-4-6-8-12/h4-9H,3,10,28H2,1-2H3,(H,29,30). The minimum atomic E-state index is -6.26. The molecule has 0 aliphatic heterocycles. The second-order valence-corrected chi connectivity index (χ2v) is 6.60. The van der Waals surface area contributed by atoms with Gasteiger partial charge in [-0.15, -0.1) is 0 Å². The fourth-order valence-corrected chi connectivity index (χ4v) is 3.27. The van der Waals surface area contributed by atoms with Crippen LogP contribution in [0.5, 0.6) is 0 Å². The van der Waals surface area contributed by atoms with Crippen molar-refractivity contribution < 1.29 is 35.5 Å². The van der Waals surface area contributed by atoms with E-state index < -0.39 is 41.6 Å². The first kappa shape index (κ1) is 23.7. The van der Waals surface area contributed by atoms with Crippen LogP contribution in [0, 0.1) is 6.92 Å². The van der Waals surface area contributed by atoms with Crippen molar-refractivity contribution >= 4 is 11.6 Å². The Morgan fingerprint density at radius 1 is 0.967 bits per heavy atom. The summed E-state index contributed by atoms with van der Waals surface area (Å²) in [6.07, 6.45) is -12.6. The molecule has 2 aromatic rings. The Kier molecular flexibility index (Phi) is 6.51. The summed E-state index contributed by atoms with van der Waals surface area (Å²) in [5.74, 6) is -0.623. The van der Waals surface area contributed by atoms with E-state index >= 15 is 0 Å². The Morgan fingerprint density at radius 3 is 1.93 bits per heavy atom. The second kappa shape index (κ2) is 8.25. The molecule has 0 fully saturated rings. The molecule has 0 aromatic heterocycles. The van der Waals surface area contributed by atoms with E-state index in [-0.39, 0.29) is 28.8 Å². The van der Waals surface area contributed by atoms with Gasteiger partial charge in [0, 0.05) is 23.4 Å². The molecule has 0 saturated carbocycles. The highest BCUT2D eigenvalue weighted by Crippen LogP contribution is 2.55. The van der Waals surface area contributed by atoms with Crippen LogP contribution in [0.3, 0.4) is 0 Å². The van der Waals surface area contributed by atoms with Crippen molar-refractivity contribution in [3.8, 4) is 0 Å². The Balaban J connectivity index is 2.73. The number of benzene rings is 2. The first-order valence-electron chi connectivity index (χ1n) is 8.84. The molecule has 0 spiro atoms. The summed E-state index contributed by atoms with van der Waals surface area (Å²) in [4.78, 5) is 12.5. The average molecular weight is 436 g/mol. The molecule has 1 amide bonds. The predicted octanol–water partition coefficient (Wildman–Crippen LogP) is 5.56. The van der Waals surface area contributed by atoms with Crippen LogP contribution in [-0.2, 0) is 18.6 Å². The summed E-state index contributed by atoms with van der Waals surface area (Å²) in [6.45, 7) is 1.86. The van der Waals surface area contributed by atoms with Crippen molar-refractivity contribution in [2.45, 2.75) is 44.8 Å². The average Bonchev–Trinajstić information content (AvgIpc) is 2.67. The summed E-state index contributed by atoms with van der Waals surface area (Å²) in [7, 11) is 0. The van der Waals surface area contributed by atoms with Crippen LogP contribution in [0.15, 0.2) is 36.4 Å². The van der Waals surface area contributed by atoms with Gasteiger partial charge in [-0.1, -0.05) is 25.1 Å². The minimum absolute atomic E-state index is 0.00209. The third-order valence-corrected chi connectivity index (χ3v) is 4.73. The minimum Gasteiger partial charge on any atom is -0.326 e. The van der Waals surface area contributed by atoms with E-state index in [1.165, 1.54) is 26.0 Å². The van der Waals surface area contributed by atoms with E-state index in [0.29, 0.717) is 6.07 Å². The number of anilines is 1. The van der Waals surface area contributed by atoms with Crippen LogP contribution in [0.25, 0.3) is 0 Å². The molecular weight excluding hydrogens is 417 g/mol. The van der Waals surface area contributed by atoms with Gasteiger partial charge in [-0.25, -0.2) is 4.39 Å². The van der Waals surface area contributed by atoms with E-state index in [9.17, 15) is 35.5 Å². The van der Waals surface area contributed by atoms with Crippen molar-refractivity contribution in [1.29, 1.82) is 0 Å². The third-order valence-electron chi connectivity index (χ3n) is 4.73. The highest BCUT2D eigenvalue weighted by Gasteiger charge is 2.74. The molecule has 10 heteroatoms. The number of rotatable bonds is 5. The Bertz CT molecular complexity index is 907. The summed E-state index contributed by atoms with van der Waals surface area (Å²) in [5.41, 5.74) is -2.43. The molecule has 0 heterocycles. The van der Waals surface area contributed by atoms with Gasteiger partial charge < -0.3 is 11.1 Å². The molecule has 0 saturated heterocycles. The lowest BCUT2D eigenvalue weighted by Gasteiger charge is -2.33. The molecule has 0 aliphatic rings. The largest absolute Gasteiger partial charge is 0.435 e. The van der Waals surface area contributed by atoms with Gasteiger partial charge >= 0.3 is 18.0 Å². The van der Waals surface area contributed by atoms with E-state index in [2.05, 4.69) is 5.32 Å². The molecule has 0 unspecified atom stereocenters. The lowest BCUT2D eigenvalue weighted by atomic mass is 9.84. The van der Waals surface area contributed by atoms with Crippen LogP contribution in [0.1, 0.15) is 39.5 Å². The van der Waals surface area contributed by atoms with E-state index in [1.54, 1.807) is 18.2 Å². The number of hydrogen-bond acceptors (Lipinski definition) is 2. The quantitative estimate of drug-likeness (QED) is 0.604. The Hall–Kier alpha value is -2.62. The Morgan fingerprint density at radius 2 is 1.50 bits per heavy atom. The molecular formula is C20H19F7N2O. The lowest BCUT2D eigenvalue weighted by molar-refractivity contribution is -0.348. The van der Waals surface area contributed by atoms with Crippen LogP contribution in [-0.4, -0.2) is 18.3 Å². The molecule has 0 bridgehead atoms. The molecule has 3 nitrogen and oxygen atoms in total. The number of aryl methyl sites for hydroxylation is 1. The SMILES string of the molecule is CCc1c(CN)c(C(F)(C(F)(F)F)C(F)(F)F)cc(C)c1NC(=O)c1ccccc1. The molecule has 164 valence electrons. The predicted molar refractivity (Wildman–Crippen MR) is 97.7 cm³/mol. The van der Waals surface area contributed by atoms with Crippen LogP contribution >= 0.6 is 0 Å². The number of amides is 1. The monoisotopic (exact) mass is 436 g/mol. The van der Waals surface area contributed by atoms with Gasteiger partial charge in [0.15, 0.2) is 0 Å². The van der Waals surface area contributed by atoms with Crippen LogP contribution < -0.4 is 11.1 Å². The van der Waals surface area contributed by atoms with Crippen LogP contribution in [0.2, 0.25) is 0 Å². The maximum Gasteiger partial charge on any atom is 0.435 e. The summed E-state index contributed by atoms with van der Waals surface area (Å²) in [5, 5.41) is 2.50. The van der Waals surface area contributed by atoms with Gasteiger partial charge in [-0.3, -0.25) is 4.79 Å². The van der Waals surface area contributed by atoms with Crippen molar-refractivity contribution in [2.75, 3.05) is 5.32 Å².